The molecule has 32 heavy (non-hydrogen) atoms. The van der Waals surface area contributed by atoms with E-state index >= 15 is 0 Å². The molecule has 0 radical (unpaired) electrons. The molecule has 3 aromatic carbocycles. The molecule has 3 nitrogen and oxygen atoms in total. The first-order valence-electron chi connectivity index (χ1n) is 9.70. The SMILES string of the molecule is CN1C(=O)/C(=C\c2ccc(Cl)c(Cl)c2)C(=O)c2cc(C#CCc3ccc(F)cc3)ccc21. The van der Waals surface area contributed by atoms with E-state index in [1.165, 1.54) is 23.1 Å². The van der Waals surface area contributed by atoms with Gasteiger partial charge in [0.1, 0.15) is 5.82 Å². The third-order valence-electron chi connectivity index (χ3n) is 5.08. The molecule has 0 unspecified atom stereocenters. The number of halogens is 3. The van der Waals surface area contributed by atoms with Crippen LogP contribution in [0.5, 0.6) is 0 Å². The number of hydrogen-bond donors (Lipinski definition) is 0. The molecule has 0 bridgehead atoms. The Balaban J connectivity index is 1.65. The van der Waals surface area contributed by atoms with Gasteiger partial charge in [-0.05, 0) is 59.7 Å². The zero-order valence-corrected chi connectivity index (χ0v) is 18.5. The molecule has 3 aromatic rings. The number of carbonyl (C=O) groups excluding carboxylic acids is 2. The van der Waals surface area contributed by atoms with Gasteiger partial charge in [-0.25, -0.2) is 4.39 Å². The molecule has 0 atom stereocenters. The van der Waals surface area contributed by atoms with Gasteiger partial charge in [0.25, 0.3) is 5.91 Å². The second kappa shape index (κ2) is 9.00. The third kappa shape index (κ3) is 4.45. The minimum absolute atomic E-state index is 0.0369. The lowest BCUT2D eigenvalue weighted by molar-refractivity contribution is -0.114. The third-order valence-corrected chi connectivity index (χ3v) is 5.81. The van der Waals surface area contributed by atoms with Crippen molar-refractivity contribution >= 4 is 46.7 Å². The zero-order chi connectivity index (χ0) is 22.8. The second-order valence-electron chi connectivity index (χ2n) is 7.26. The Hall–Kier alpha value is -3.39. The molecule has 1 heterocycles. The summed E-state index contributed by atoms with van der Waals surface area (Å²) in [7, 11) is 1.62. The van der Waals surface area contributed by atoms with Crippen LogP contribution < -0.4 is 4.90 Å². The number of ketones is 1. The summed E-state index contributed by atoms with van der Waals surface area (Å²) in [5.74, 6) is 5.00. The molecular formula is C26H16Cl2FNO2. The summed E-state index contributed by atoms with van der Waals surface area (Å²) in [6, 6.07) is 16.2. The highest BCUT2D eigenvalue weighted by Crippen LogP contribution is 2.32. The van der Waals surface area contributed by atoms with Gasteiger partial charge in [-0.1, -0.05) is 53.2 Å². The molecule has 1 amide bonds. The fraction of sp³-hybridized carbons (Fsp3) is 0.0769. The van der Waals surface area contributed by atoms with Crippen LogP contribution in [0.15, 0.2) is 66.2 Å². The fourth-order valence-corrected chi connectivity index (χ4v) is 3.67. The van der Waals surface area contributed by atoms with Gasteiger partial charge in [-0.2, -0.15) is 0 Å². The molecule has 0 saturated heterocycles. The van der Waals surface area contributed by atoms with Crippen molar-refractivity contribution in [2.45, 2.75) is 6.42 Å². The highest BCUT2D eigenvalue weighted by atomic mass is 35.5. The second-order valence-corrected chi connectivity index (χ2v) is 8.08. The number of amides is 1. The molecule has 158 valence electrons. The molecule has 0 saturated carbocycles. The van der Waals surface area contributed by atoms with Gasteiger partial charge < -0.3 is 4.90 Å². The van der Waals surface area contributed by atoms with Crippen LogP contribution in [0.4, 0.5) is 10.1 Å². The first kappa shape index (κ1) is 21.8. The number of benzene rings is 3. The van der Waals surface area contributed by atoms with E-state index in [9.17, 15) is 14.0 Å². The largest absolute Gasteiger partial charge is 0.311 e. The Morgan fingerprint density at radius 1 is 0.969 bits per heavy atom. The number of nitrogens with zero attached hydrogens (tertiary/aromatic N) is 1. The van der Waals surface area contributed by atoms with Gasteiger partial charge in [0, 0.05) is 24.6 Å². The Morgan fingerprint density at radius 3 is 2.44 bits per heavy atom. The number of rotatable bonds is 2. The summed E-state index contributed by atoms with van der Waals surface area (Å²) in [6.07, 6.45) is 1.96. The summed E-state index contributed by atoms with van der Waals surface area (Å²) in [4.78, 5) is 27.4. The molecule has 4 rings (SSSR count). The van der Waals surface area contributed by atoms with Crippen molar-refractivity contribution in [2.24, 2.45) is 0 Å². The summed E-state index contributed by atoms with van der Waals surface area (Å²) >= 11 is 12.0. The van der Waals surface area contributed by atoms with Crippen molar-refractivity contribution < 1.29 is 14.0 Å². The van der Waals surface area contributed by atoms with Gasteiger partial charge in [0.2, 0.25) is 5.78 Å². The monoisotopic (exact) mass is 463 g/mol. The van der Waals surface area contributed by atoms with Gasteiger partial charge >= 0.3 is 0 Å². The van der Waals surface area contributed by atoms with E-state index in [4.69, 9.17) is 23.2 Å². The van der Waals surface area contributed by atoms with Crippen LogP contribution in [0, 0.1) is 17.7 Å². The lowest BCUT2D eigenvalue weighted by Crippen LogP contribution is -2.36. The molecule has 6 heteroatoms. The van der Waals surface area contributed by atoms with Crippen LogP contribution in [-0.2, 0) is 11.2 Å². The predicted octanol–water partition coefficient (Wildman–Crippen LogP) is 5.97. The zero-order valence-electron chi connectivity index (χ0n) is 17.0. The molecule has 0 N–H and O–H groups in total. The summed E-state index contributed by atoms with van der Waals surface area (Å²) in [6.45, 7) is 0. The molecule has 1 aliphatic heterocycles. The standard InChI is InChI=1S/C26H16Cl2FNO2/c1-30-24-12-8-17(4-2-3-16-5-9-19(29)10-6-16)13-20(24)25(31)21(26(30)32)14-18-7-11-22(27)23(28)15-18/h5-15H,3H2,1H3/b21-14-. The van der Waals surface area contributed by atoms with Crippen molar-refractivity contribution in [1.29, 1.82) is 0 Å². The lowest BCUT2D eigenvalue weighted by Gasteiger charge is -2.26. The molecule has 1 aliphatic rings. The topological polar surface area (TPSA) is 37.4 Å². The van der Waals surface area contributed by atoms with Gasteiger partial charge in [0.05, 0.1) is 21.3 Å². The minimum Gasteiger partial charge on any atom is -0.311 e. The Labute approximate surface area is 195 Å². The number of carbonyl (C=O) groups is 2. The number of anilines is 1. The van der Waals surface area contributed by atoms with E-state index in [0.29, 0.717) is 38.8 Å². The van der Waals surface area contributed by atoms with E-state index in [-0.39, 0.29) is 17.2 Å². The van der Waals surface area contributed by atoms with E-state index in [2.05, 4.69) is 11.8 Å². The Bertz CT molecular complexity index is 1330. The number of hydrogen-bond acceptors (Lipinski definition) is 2. The van der Waals surface area contributed by atoms with E-state index in [1.807, 2.05) is 0 Å². The smallest absolute Gasteiger partial charge is 0.262 e. The van der Waals surface area contributed by atoms with Gasteiger partial charge in [0.15, 0.2) is 0 Å². The van der Waals surface area contributed by atoms with E-state index < -0.39 is 5.91 Å². The highest BCUT2D eigenvalue weighted by molar-refractivity contribution is 6.42. The molecule has 0 aliphatic carbocycles. The van der Waals surface area contributed by atoms with Crippen molar-refractivity contribution in [3.8, 4) is 11.8 Å². The van der Waals surface area contributed by atoms with Crippen LogP contribution in [0.25, 0.3) is 6.08 Å². The molecule has 0 fully saturated rings. The van der Waals surface area contributed by atoms with Gasteiger partial charge in [-0.15, -0.1) is 0 Å². The predicted molar refractivity (Wildman–Crippen MR) is 126 cm³/mol. The van der Waals surface area contributed by atoms with Crippen LogP contribution in [0.3, 0.4) is 0 Å². The van der Waals surface area contributed by atoms with E-state index in [1.54, 1.807) is 55.6 Å². The lowest BCUT2D eigenvalue weighted by atomic mass is 9.92. The average Bonchev–Trinajstić information content (AvgIpc) is 2.79. The van der Waals surface area contributed by atoms with Crippen molar-refractivity contribution in [2.75, 3.05) is 11.9 Å². The molecule has 0 aromatic heterocycles. The summed E-state index contributed by atoms with van der Waals surface area (Å²) < 4.78 is 13.0. The van der Waals surface area contributed by atoms with Crippen LogP contribution in [0.2, 0.25) is 10.0 Å². The molecular weight excluding hydrogens is 448 g/mol. The normalized spacial score (nSPS) is 14.2. The maximum absolute atomic E-state index is 13.1. The van der Waals surface area contributed by atoms with Crippen LogP contribution >= 0.6 is 23.2 Å². The van der Waals surface area contributed by atoms with Crippen molar-refractivity contribution in [3.63, 3.8) is 0 Å². The first-order valence-corrected chi connectivity index (χ1v) is 10.5. The fourth-order valence-electron chi connectivity index (χ4n) is 3.37. The van der Waals surface area contributed by atoms with Gasteiger partial charge in [-0.3, -0.25) is 9.59 Å². The maximum atomic E-state index is 13.1. The van der Waals surface area contributed by atoms with Crippen molar-refractivity contribution in [1.82, 2.24) is 0 Å². The quantitative estimate of drug-likeness (QED) is 0.266. The van der Waals surface area contributed by atoms with E-state index in [0.717, 1.165) is 5.56 Å². The van der Waals surface area contributed by atoms with Crippen molar-refractivity contribution in [3.05, 3.63) is 104 Å². The number of Topliss-reactive ketones (excluding diaryl/α,β-unsaturated/α-hetero) is 1. The summed E-state index contributed by atoms with van der Waals surface area (Å²) in [5.41, 5.74) is 3.10. The average molecular weight is 464 g/mol. The summed E-state index contributed by atoms with van der Waals surface area (Å²) in [5, 5.41) is 0.727. The Morgan fingerprint density at radius 2 is 1.72 bits per heavy atom. The number of fused-ring (bicyclic) bond motifs is 1. The Kier molecular flexibility index (Phi) is 6.14. The number of likely N-dealkylation sites (N-methyl/N-ethyl adjacent to an activating group) is 1. The first-order chi connectivity index (χ1) is 15.3. The highest BCUT2D eigenvalue weighted by Gasteiger charge is 2.32. The maximum Gasteiger partial charge on any atom is 0.262 e. The minimum atomic E-state index is -0.399. The molecule has 0 spiro atoms. The van der Waals surface area contributed by atoms with Crippen LogP contribution in [-0.4, -0.2) is 18.7 Å². The van der Waals surface area contributed by atoms with Crippen LogP contribution in [0.1, 0.15) is 27.0 Å².